The van der Waals surface area contributed by atoms with Gasteiger partial charge in [-0.2, -0.15) is 5.26 Å². The van der Waals surface area contributed by atoms with E-state index in [4.69, 9.17) is 14.7 Å². The molecule has 3 rings (SSSR count). The SMILES string of the molecule is N#Cc1ccccc1OCC(=O)NNC(=O)c1cccc(Oc2ccccc2)c1. The summed E-state index contributed by atoms with van der Waals surface area (Å²) in [4.78, 5) is 24.2. The molecule has 7 nitrogen and oxygen atoms in total. The normalized spacial score (nSPS) is 9.76. The molecule has 7 heteroatoms. The van der Waals surface area contributed by atoms with Crippen LogP contribution in [0.2, 0.25) is 0 Å². The smallest absolute Gasteiger partial charge is 0.276 e. The Morgan fingerprint density at radius 1 is 0.862 bits per heavy atom. The lowest BCUT2D eigenvalue weighted by molar-refractivity contribution is -0.123. The van der Waals surface area contributed by atoms with Gasteiger partial charge in [0.05, 0.1) is 5.56 Å². The molecule has 0 radical (unpaired) electrons. The van der Waals surface area contributed by atoms with E-state index in [9.17, 15) is 9.59 Å². The average Bonchev–Trinajstić information content (AvgIpc) is 2.77. The first-order valence-electron chi connectivity index (χ1n) is 8.70. The van der Waals surface area contributed by atoms with Crippen LogP contribution in [-0.2, 0) is 4.79 Å². The van der Waals surface area contributed by atoms with Crippen molar-refractivity contribution in [3.05, 3.63) is 90.0 Å². The zero-order valence-corrected chi connectivity index (χ0v) is 15.3. The Bertz CT molecular complexity index is 1050. The van der Waals surface area contributed by atoms with Crippen molar-refractivity contribution in [1.82, 2.24) is 10.9 Å². The Morgan fingerprint density at radius 2 is 1.59 bits per heavy atom. The third-order valence-corrected chi connectivity index (χ3v) is 3.76. The number of benzene rings is 3. The highest BCUT2D eigenvalue weighted by molar-refractivity contribution is 5.95. The van der Waals surface area contributed by atoms with Crippen molar-refractivity contribution < 1.29 is 19.1 Å². The molecule has 0 heterocycles. The first kappa shape index (κ1) is 19.5. The van der Waals surface area contributed by atoms with Crippen LogP contribution >= 0.6 is 0 Å². The fourth-order valence-corrected chi connectivity index (χ4v) is 2.39. The van der Waals surface area contributed by atoms with E-state index in [1.165, 1.54) is 0 Å². The molecular weight excluding hydrogens is 370 g/mol. The van der Waals surface area contributed by atoms with E-state index in [2.05, 4.69) is 10.9 Å². The van der Waals surface area contributed by atoms with Crippen LogP contribution in [-0.4, -0.2) is 18.4 Å². The molecule has 3 aromatic carbocycles. The van der Waals surface area contributed by atoms with E-state index in [1.54, 1.807) is 60.7 Å². The van der Waals surface area contributed by atoms with Crippen molar-refractivity contribution >= 4 is 11.8 Å². The minimum absolute atomic E-state index is 0.294. The molecule has 0 bridgehead atoms. The molecule has 0 spiro atoms. The second kappa shape index (κ2) is 9.58. The van der Waals surface area contributed by atoms with E-state index in [1.807, 2.05) is 24.3 Å². The Kier molecular flexibility index (Phi) is 6.42. The van der Waals surface area contributed by atoms with E-state index >= 15 is 0 Å². The topological polar surface area (TPSA) is 100 Å². The standard InChI is InChI=1S/C22H17N3O4/c23-14-17-7-4-5-12-20(17)28-15-21(26)24-25-22(27)16-8-6-11-19(13-16)29-18-9-2-1-3-10-18/h1-13H,15H2,(H,24,26)(H,25,27). The number of hydrogen-bond donors (Lipinski definition) is 2. The van der Waals surface area contributed by atoms with Gasteiger partial charge in [-0.25, -0.2) is 0 Å². The molecule has 0 saturated carbocycles. The van der Waals surface area contributed by atoms with Crippen LogP contribution < -0.4 is 20.3 Å². The maximum atomic E-state index is 12.3. The number of para-hydroxylation sites is 2. The molecule has 0 aliphatic heterocycles. The number of carbonyl (C=O) groups is 2. The summed E-state index contributed by atoms with van der Waals surface area (Å²) in [5.41, 5.74) is 5.22. The number of nitrogens with zero attached hydrogens (tertiary/aromatic N) is 1. The Balaban J connectivity index is 1.52. The maximum Gasteiger partial charge on any atom is 0.276 e. The summed E-state index contributed by atoms with van der Waals surface area (Å²) in [6.07, 6.45) is 0. The summed E-state index contributed by atoms with van der Waals surface area (Å²) in [6, 6.07) is 24.3. The van der Waals surface area contributed by atoms with Gasteiger partial charge in [-0.05, 0) is 42.5 Å². The minimum Gasteiger partial charge on any atom is -0.482 e. The minimum atomic E-state index is -0.567. The number of rotatable bonds is 6. The van der Waals surface area contributed by atoms with Gasteiger partial charge in [0.25, 0.3) is 11.8 Å². The van der Waals surface area contributed by atoms with Gasteiger partial charge in [-0.1, -0.05) is 36.4 Å². The van der Waals surface area contributed by atoms with E-state index in [0.29, 0.717) is 28.4 Å². The third kappa shape index (κ3) is 5.58. The number of carbonyl (C=O) groups excluding carboxylic acids is 2. The lowest BCUT2D eigenvalue weighted by atomic mass is 10.2. The molecule has 2 N–H and O–H groups in total. The number of hydrazine groups is 1. The largest absolute Gasteiger partial charge is 0.482 e. The molecule has 0 fully saturated rings. The average molecular weight is 387 g/mol. The number of amides is 2. The molecule has 0 aliphatic rings. The molecule has 0 unspecified atom stereocenters. The highest BCUT2D eigenvalue weighted by Crippen LogP contribution is 2.21. The van der Waals surface area contributed by atoms with Gasteiger partial charge in [0.2, 0.25) is 0 Å². The quantitative estimate of drug-likeness (QED) is 0.633. The molecule has 29 heavy (non-hydrogen) atoms. The highest BCUT2D eigenvalue weighted by Gasteiger charge is 2.10. The summed E-state index contributed by atoms with van der Waals surface area (Å²) >= 11 is 0. The van der Waals surface area contributed by atoms with Crippen LogP contribution in [0, 0.1) is 11.3 Å². The van der Waals surface area contributed by atoms with E-state index in [0.717, 1.165) is 0 Å². The van der Waals surface area contributed by atoms with Crippen LogP contribution in [0.15, 0.2) is 78.9 Å². The van der Waals surface area contributed by atoms with Crippen molar-refractivity contribution in [3.8, 4) is 23.3 Å². The number of nitrogens with one attached hydrogen (secondary N) is 2. The first-order valence-corrected chi connectivity index (χ1v) is 8.70. The van der Waals surface area contributed by atoms with Crippen molar-refractivity contribution in [2.75, 3.05) is 6.61 Å². The molecule has 3 aromatic rings. The van der Waals surface area contributed by atoms with Gasteiger partial charge in [0.1, 0.15) is 23.3 Å². The number of nitriles is 1. The molecule has 0 atom stereocenters. The van der Waals surface area contributed by atoms with Crippen molar-refractivity contribution in [2.45, 2.75) is 0 Å². The Labute approximate surface area is 167 Å². The highest BCUT2D eigenvalue weighted by atomic mass is 16.5. The van der Waals surface area contributed by atoms with Crippen LogP contribution in [0.3, 0.4) is 0 Å². The second-order valence-corrected chi connectivity index (χ2v) is 5.84. The third-order valence-electron chi connectivity index (χ3n) is 3.76. The predicted molar refractivity (Wildman–Crippen MR) is 105 cm³/mol. The molecular formula is C22H17N3O4. The van der Waals surface area contributed by atoms with Crippen LogP contribution in [0.25, 0.3) is 0 Å². The predicted octanol–water partition coefficient (Wildman–Crippen LogP) is 3.19. The Hall–Kier alpha value is -4.31. The zero-order valence-electron chi connectivity index (χ0n) is 15.3. The van der Waals surface area contributed by atoms with Gasteiger partial charge in [-0.3, -0.25) is 20.4 Å². The van der Waals surface area contributed by atoms with Gasteiger partial charge in [-0.15, -0.1) is 0 Å². The first-order chi connectivity index (χ1) is 14.2. The summed E-state index contributed by atoms with van der Waals surface area (Å²) in [5, 5.41) is 9.00. The molecule has 0 aliphatic carbocycles. The van der Waals surface area contributed by atoms with Gasteiger partial charge in [0.15, 0.2) is 6.61 Å². The van der Waals surface area contributed by atoms with Gasteiger partial charge in [0, 0.05) is 5.56 Å². The van der Waals surface area contributed by atoms with Crippen molar-refractivity contribution in [2.24, 2.45) is 0 Å². The summed E-state index contributed by atoms with van der Waals surface area (Å²) in [6.45, 7) is -0.351. The monoisotopic (exact) mass is 387 g/mol. The summed E-state index contributed by atoms with van der Waals surface area (Å²) in [5.74, 6) is 0.360. The van der Waals surface area contributed by atoms with Gasteiger partial charge >= 0.3 is 0 Å². The van der Waals surface area contributed by atoms with Crippen molar-refractivity contribution in [1.29, 1.82) is 5.26 Å². The van der Waals surface area contributed by atoms with E-state index in [-0.39, 0.29) is 6.61 Å². The second-order valence-electron chi connectivity index (χ2n) is 5.84. The summed E-state index contributed by atoms with van der Waals surface area (Å²) in [7, 11) is 0. The van der Waals surface area contributed by atoms with Gasteiger partial charge < -0.3 is 9.47 Å². The van der Waals surface area contributed by atoms with E-state index < -0.39 is 11.8 Å². The van der Waals surface area contributed by atoms with Crippen molar-refractivity contribution in [3.63, 3.8) is 0 Å². The maximum absolute atomic E-state index is 12.3. The molecule has 0 saturated heterocycles. The van der Waals surface area contributed by atoms with Crippen LogP contribution in [0.1, 0.15) is 15.9 Å². The molecule has 144 valence electrons. The molecule has 2 amide bonds. The fraction of sp³-hybridized carbons (Fsp3) is 0.0455. The number of hydrogen-bond acceptors (Lipinski definition) is 5. The Morgan fingerprint density at radius 3 is 2.38 bits per heavy atom. The summed E-state index contributed by atoms with van der Waals surface area (Å²) < 4.78 is 11.0. The lowest BCUT2D eigenvalue weighted by Gasteiger charge is -2.10. The molecule has 0 aromatic heterocycles. The van der Waals surface area contributed by atoms with Crippen LogP contribution in [0.5, 0.6) is 17.2 Å². The fourth-order valence-electron chi connectivity index (χ4n) is 2.39. The van der Waals surface area contributed by atoms with Crippen LogP contribution in [0.4, 0.5) is 0 Å². The zero-order chi connectivity index (χ0) is 20.5. The lowest BCUT2D eigenvalue weighted by Crippen LogP contribution is -2.43. The number of ether oxygens (including phenoxy) is 2.